The number of halogens is 2. The molecule has 0 N–H and O–H groups in total. The largest absolute Gasteiger partial charge is 0.481 e. The van der Waals surface area contributed by atoms with E-state index in [0.717, 1.165) is 0 Å². The zero-order valence-electron chi connectivity index (χ0n) is 15.4. The highest BCUT2D eigenvalue weighted by atomic mass is 35.5. The first kappa shape index (κ1) is 20.2. The van der Waals surface area contributed by atoms with Crippen LogP contribution in [0.15, 0.2) is 53.1 Å². The Labute approximate surface area is 173 Å². The minimum atomic E-state index is -0.628. The van der Waals surface area contributed by atoms with Crippen LogP contribution in [0.1, 0.15) is 19.2 Å². The van der Waals surface area contributed by atoms with Gasteiger partial charge in [-0.05, 0) is 42.8 Å². The zero-order valence-corrected chi connectivity index (χ0v) is 16.9. The lowest BCUT2D eigenvalue weighted by Crippen LogP contribution is -2.39. The Balaban J connectivity index is 1.66. The molecule has 0 spiro atoms. The van der Waals surface area contributed by atoms with Crippen LogP contribution in [0.5, 0.6) is 5.75 Å². The van der Waals surface area contributed by atoms with Gasteiger partial charge in [0.25, 0.3) is 5.91 Å². The Morgan fingerprint density at radius 3 is 2.57 bits per heavy atom. The lowest BCUT2D eigenvalue weighted by Gasteiger charge is -2.22. The van der Waals surface area contributed by atoms with Crippen molar-refractivity contribution in [3.63, 3.8) is 0 Å². The van der Waals surface area contributed by atoms with Crippen molar-refractivity contribution in [2.75, 3.05) is 7.05 Å². The van der Waals surface area contributed by atoms with Crippen molar-refractivity contribution in [3.8, 4) is 17.1 Å². The summed E-state index contributed by atoms with van der Waals surface area (Å²) in [6, 6.07) is 14.1. The van der Waals surface area contributed by atoms with Crippen LogP contribution < -0.4 is 4.74 Å². The number of hydrogen-bond donors (Lipinski definition) is 0. The predicted octanol–water partition coefficient (Wildman–Crippen LogP) is 4.86. The summed E-state index contributed by atoms with van der Waals surface area (Å²) >= 11 is 12.0. The molecule has 1 aromatic heterocycles. The number of benzene rings is 2. The number of nitrogens with zero attached hydrogens (tertiary/aromatic N) is 3. The fraction of sp³-hybridized carbons (Fsp3) is 0.250. The van der Waals surface area contributed by atoms with Crippen molar-refractivity contribution in [1.82, 2.24) is 15.0 Å². The number of rotatable bonds is 7. The number of hydrogen-bond acceptors (Lipinski definition) is 5. The van der Waals surface area contributed by atoms with E-state index in [1.165, 1.54) is 4.90 Å². The molecule has 1 heterocycles. The predicted molar refractivity (Wildman–Crippen MR) is 107 cm³/mol. The number of ether oxygens (including phenoxy) is 1. The summed E-state index contributed by atoms with van der Waals surface area (Å²) < 4.78 is 11.1. The highest BCUT2D eigenvalue weighted by Gasteiger charge is 2.24. The van der Waals surface area contributed by atoms with Crippen LogP contribution >= 0.6 is 23.2 Å². The number of carbonyl (C=O) groups excluding carboxylic acids is 1. The molecule has 3 aromatic rings. The van der Waals surface area contributed by atoms with E-state index in [-0.39, 0.29) is 12.5 Å². The van der Waals surface area contributed by atoms with E-state index in [2.05, 4.69) is 10.1 Å². The number of carbonyl (C=O) groups is 1. The fourth-order valence-corrected chi connectivity index (χ4v) is 2.93. The maximum absolute atomic E-state index is 12.7. The van der Waals surface area contributed by atoms with Crippen LogP contribution in [0.3, 0.4) is 0 Å². The van der Waals surface area contributed by atoms with E-state index < -0.39 is 6.10 Å². The molecule has 0 saturated heterocycles. The summed E-state index contributed by atoms with van der Waals surface area (Å²) in [5, 5.41) is 5.08. The van der Waals surface area contributed by atoms with Gasteiger partial charge >= 0.3 is 0 Å². The van der Waals surface area contributed by atoms with Crippen molar-refractivity contribution < 1.29 is 14.1 Å². The second-order valence-corrected chi connectivity index (χ2v) is 7.00. The first-order valence-corrected chi connectivity index (χ1v) is 9.48. The third-order valence-corrected chi connectivity index (χ3v) is 4.65. The molecule has 0 unspecified atom stereocenters. The first-order chi connectivity index (χ1) is 13.5. The van der Waals surface area contributed by atoms with E-state index in [1.54, 1.807) is 43.4 Å². The van der Waals surface area contributed by atoms with Gasteiger partial charge in [-0.3, -0.25) is 4.79 Å². The SMILES string of the molecule is CC[C@H](Oc1ccc(Cl)cc1)C(=O)N(C)Cc1nc(-c2ccccc2Cl)no1. The molecule has 0 aliphatic carbocycles. The molecule has 8 heteroatoms. The standard InChI is InChI=1S/C20H19Cl2N3O3/c1-3-17(27-14-10-8-13(21)9-11-14)20(26)25(2)12-18-23-19(24-28-18)15-6-4-5-7-16(15)22/h4-11,17H,3,12H2,1-2H3/t17-/m0/s1. The highest BCUT2D eigenvalue weighted by Crippen LogP contribution is 2.25. The number of likely N-dealkylation sites (N-methyl/N-ethyl adjacent to an activating group) is 1. The first-order valence-electron chi connectivity index (χ1n) is 8.72. The Kier molecular flexibility index (Phi) is 6.54. The van der Waals surface area contributed by atoms with Crippen molar-refractivity contribution in [2.45, 2.75) is 26.0 Å². The van der Waals surface area contributed by atoms with Gasteiger partial charge in [0.15, 0.2) is 6.10 Å². The lowest BCUT2D eigenvalue weighted by atomic mass is 10.2. The second kappa shape index (κ2) is 9.08. The summed E-state index contributed by atoms with van der Waals surface area (Å²) in [7, 11) is 1.66. The molecule has 1 amide bonds. The number of amides is 1. The summed E-state index contributed by atoms with van der Waals surface area (Å²) in [6.07, 6.45) is -0.113. The smallest absolute Gasteiger partial charge is 0.263 e. The monoisotopic (exact) mass is 419 g/mol. The maximum atomic E-state index is 12.7. The van der Waals surface area contributed by atoms with Crippen LogP contribution in [-0.2, 0) is 11.3 Å². The average molecular weight is 420 g/mol. The zero-order chi connectivity index (χ0) is 20.1. The van der Waals surface area contributed by atoms with Crippen LogP contribution in [0.2, 0.25) is 10.0 Å². The third kappa shape index (κ3) is 4.82. The topological polar surface area (TPSA) is 68.5 Å². The highest BCUT2D eigenvalue weighted by molar-refractivity contribution is 6.33. The van der Waals surface area contributed by atoms with Gasteiger partial charge in [0.05, 0.1) is 11.6 Å². The van der Waals surface area contributed by atoms with E-state index in [4.69, 9.17) is 32.5 Å². The van der Waals surface area contributed by atoms with Crippen LogP contribution in [0, 0.1) is 0 Å². The molecular weight excluding hydrogens is 401 g/mol. The van der Waals surface area contributed by atoms with Crippen LogP contribution in [0.4, 0.5) is 0 Å². The van der Waals surface area contributed by atoms with Crippen molar-refractivity contribution >= 4 is 29.1 Å². The van der Waals surface area contributed by atoms with Crippen molar-refractivity contribution in [3.05, 3.63) is 64.5 Å². The molecule has 0 fully saturated rings. The van der Waals surface area contributed by atoms with E-state index in [9.17, 15) is 4.79 Å². The summed E-state index contributed by atoms with van der Waals surface area (Å²) in [4.78, 5) is 18.6. The molecule has 0 aliphatic rings. The summed E-state index contributed by atoms with van der Waals surface area (Å²) in [6.45, 7) is 2.05. The van der Waals surface area contributed by atoms with Gasteiger partial charge in [-0.15, -0.1) is 0 Å². The van der Waals surface area contributed by atoms with Gasteiger partial charge in [0.2, 0.25) is 11.7 Å². The fourth-order valence-electron chi connectivity index (χ4n) is 2.58. The van der Waals surface area contributed by atoms with E-state index in [1.807, 2.05) is 19.1 Å². The number of aromatic nitrogens is 2. The normalized spacial score (nSPS) is 11.9. The molecule has 146 valence electrons. The van der Waals surface area contributed by atoms with Crippen molar-refractivity contribution in [2.24, 2.45) is 0 Å². The van der Waals surface area contributed by atoms with Gasteiger partial charge in [-0.1, -0.05) is 47.4 Å². The van der Waals surface area contributed by atoms with Crippen LogP contribution in [-0.4, -0.2) is 34.1 Å². The summed E-state index contributed by atoms with van der Waals surface area (Å²) in [5.41, 5.74) is 0.672. The average Bonchev–Trinajstić information content (AvgIpc) is 3.15. The Morgan fingerprint density at radius 2 is 1.89 bits per heavy atom. The molecule has 0 radical (unpaired) electrons. The second-order valence-electron chi connectivity index (χ2n) is 6.15. The van der Waals surface area contributed by atoms with Crippen LogP contribution in [0.25, 0.3) is 11.4 Å². The van der Waals surface area contributed by atoms with Gasteiger partial charge in [-0.25, -0.2) is 0 Å². The van der Waals surface area contributed by atoms with Gasteiger partial charge in [0, 0.05) is 17.6 Å². The minimum absolute atomic E-state index is 0.163. The summed E-state index contributed by atoms with van der Waals surface area (Å²) in [5.74, 6) is 1.09. The molecule has 0 saturated carbocycles. The molecule has 0 bridgehead atoms. The minimum Gasteiger partial charge on any atom is -0.481 e. The molecular formula is C20H19Cl2N3O3. The third-order valence-electron chi connectivity index (χ3n) is 4.07. The molecule has 28 heavy (non-hydrogen) atoms. The van der Waals surface area contributed by atoms with Crippen molar-refractivity contribution in [1.29, 1.82) is 0 Å². The van der Waals surface area contributed by atoms with Gasteiger partial charge in [0.1, 0.15) is 5.75 Å². The molecule has 1 atom stereocenters. The molecule has 0 aliphatic heterocycles. The molecule has 2 aromatic carbocycles. The lowest BCUT2D eigenvalue weighted by molar-refractivity contribution is -0.138. The van der Waals surface area contributed by atoms with Gasteiger partial charge in [-0.2, -0.15) is 4.98 Å². The maximum Gasteiger partial charge on any atom is 0.263 e. The van der Waals surface area contributed by atoms with E-state index in [0.29, 0.717) is 39.5 Å². The molecule has 3 rings (SSSR count). The van der Waals surface area contributed by atoms with Gasteiger partial charge < -0.3 is 14.2 Å². The Bertz CT molecular complexity index is 944. The Morgan fingerprint density at radius 1 is 1.18 bits per heavy atom. The quantitative estimate of drug-likeness (QED) is 0.546. The molecule has 6 nitrogen and oxygen atoms in total. The Hall–Kier alpha value is -2.57. The van der Waals surface area contributed by atoms with E-state index >= 15 is 0 Å².